The summed E-state index contributed by atoms with van der Waals surface area (Å²) in [4.78, 5) is 27.6. The third kappa shape index (κ3) is 6.69. The van der Waals surface area contributed by atoms with Crippen LogP contribution in [0.1, 0.15) is 34.0 Å². The Kier molecular flexibility index (Phi) is 8.62. The molecular formula is C32H27Cl2NO4. The number of rotatable bonds is 8. The number of benzene rings is 4. The Hall–Kier alpha value is -3.64. The third-order valence-corrected chi connectivity index (χ3v) is 7.41. The van der Waals surface area contributed by atoms with Crippen molar-refractivity contribution in [1.82, 2.24) is 4.90 Å². The minimum Gasteiger partial charge on any atom is -0.462 e. The van der Waals surface area contributed by atoms with Crippen molar-refractivity contribution in [2.45, 2.75) is 25.2 Å². The summed E-state index contributed by atoms with van der Waals surface area (Å²) in [5.74, 6) is -0.579. The van der Waals surface area contributed by atoms with Gasteiger partial charge in [-0.15, -0.1) is 0 Å². The predicted octanol–water partition coefficient (Wildman–Crippen LogP) is 7.38. The lowest BCUT2D eigenvalue weighted by atomic mass is 10.0. The van der Waals surface area contributed by atoms with Crippen molar-refractivity contribution in [3.05, 3.63) is 130 Å². The highest BCUT2D eigenvalue weighted by molar-refractivity contribution is 6.42. The standard InChI is InChI=1S/C32H27Cl2NO4/c33-27-16-15-26(19-28(27)34)30-21-35(20-22-11-13-24(14-12-22)23-7-3-1-4-8-23)31(36)29(39-30)17-18-38-32(37)25-9-5-2-6-10-25/h1-16,19,29-30H,17-18,20-21H2. The molecule has 2 atom stereocenters. The Bertz CT molecular complexity index is 1430. The van der Waals surface area contributed by atoms with Crippen LogP contribution < -0.4 is 0 Å². The van der Waals surface area contributed by atoms with Gasteiger partial charge in [0.05, 0.1) is 28.8 Å². The minimum atomic E-state index is -0.773. The SMILES string of the molecule is O=C(OCCC1OC(c2ccc(Cl)c(Cl)c2)CN(Cc2ccc(-c3ccccc3)cc2)C1=O)c1ccccc1. The molecule has 5 rings (SSSR count). The minimum absolute atomic E-state index is 0.0534. The molecule has 0 aliphatic carbocycles. The fourth-order valence-corrected chi connectivity index (χ4v) is 4.90. The molecule has 5 nitrogen and oxygen atoms in total. The maximum absolute atomic E-state index is 13.5. The first-order chi connectivity index (χ1) is 19.0. The number of ether oxygens (including phenoxy) is 2. The first-order valence-electron chi connectivity index (χ1n) is 12.7. The van der Waals surface area contributed by atoms with Crippen LogP contribution in [0.25, 0.3) is 11.1 Å². The van der Waals surface area contributed by atoms with Gasteiger partial charge in [0, 0.05) is 13.0 Å². The molecule has 1 fully saturated rings. The zero-order valence-corrected chi connectivity index (χ0v) is 22.6. The number of carbonyl (C=O) groups excluding carboxylic acids is 2. The van der Waals surface area contributed by atoms with Crippen LogP contribution in [0.15, 0.2) is 103 Å². The summed E-state index contributed by atoms with van der Waals surface area (Å²) in [6.45, 7) is 0.838. The van der Waals surface area contributed by atoms with E-state index in [1.165, 1.54) is 0 Å². The molecule has 1 aliphatic heterocycles. The molecule has 1 saturated heterocycles. The second-order valence-electron chi connectivity index (χ2n) is 9.36. The molecule has 4 aromatic carbocycles. The molecule has 0 bridgehead atoms. The Morgan fingerprint density at radius 3 is 2.21 bits per heavy atom. The first kappa shape index (κ1) is 26.9. The van der Waals surface area contributed by atoms with Gasteiger partial charge in [0.1, 0.15) is 12.2 Å². The van der Waals surface area contributed by atoms with Gasteiger partial charge in [-0.2, -0.15) is 0 Å². The van der Waals surface area contributed by atoms with Crippen molar-refractivity contribution >= 4 is 35.1 Å². The average molecular weight is 560 g/mol. The third-order valence-electron chi connectivity index (χ3n) is 6.67. The van der Waals surface area contributed by atoms with Gasteiger partial charge in [-0.25, -0.2) is 4.79 Å². The number of hydrogen-bond acceptors (Lipinski definition) is 4. The molecule has 7 heteroatoms. The van der Waals surface area contributed by atoms with E-state index in [1.54, 1.807) is 41.3 Å². The number of nitrogens with zero attached hydrogens (tertiary/aromatic N) is 1. The Labute approximate surface area is 237 Å². The Morgan fingerprint density at radius 1 is 0.846 bits per heavy atom. The van der Waals surface area contributed by atoms with Crippen molar-refractivity contribution in [2.24, 2.45) is 0 Å². The molecule has 2 unspecified atom stereocenters. The first-order valence-corrected chi connectivity index (χ1v) is 13.5. The number of morpholine rings is 1. The molecule has 39 heavy (non-hydrogen) atoms. The quantitative estimate of drug-likeness (QED) is 0.211. The molecule has 1 aliphatic rings. The van der Waals surface area contributed by atoms with E-state index in [4.69, 9.17) is 32.7 Å². The van der Waals surface area contributed by atoms with Gasteiger partial charge in [0.2, 0.25) is 0 Å². The highest BCUT2D eigenvalue weighted by Crippen LogP contribution is 2.32. The lowest BCUT2D eigenvalue weighted by molar-refractivity contribution is -0.165. The number of carbonyl (C=O) groups is 2. The molecule has 0 aromatic heterocycles. The van der Waals surface area contributed by atoms with Crippen LogP contribution in [-0.2, 0) is 20.8 Å². The van der Waals surface area contributed by atoms with Crippen LogP contribution in [0, 0.1) is 0 Å². The maximum Gasteiger partial charge on any atom is 0.338 e. The molecular weight excluding hydrogens is 533 g/mol. The molecule has 1 amide bonds. The predicted molar refractivity (Wildman–Crippen MR) is 153 cm³/mol. The molecule has 1 heterocycles. The molecule has 0 radical (unpaired) electrons. The lowest BCUT2D eigenvalue weighted by Gasteiger charge is -2.38. The van der Waals surface area contributed by atoms with Crippen LogP contribution >= 0.6 is 23.2 Å². The van der Waals surface area contributed by atoms with Gasteiger partial charge in [-0.3, -0.25) is 4.79 Å². The fraction of sp³-hybridized carbons (Fsp3) is 0.188. The van der Waals surface area contributed by atoms with Crippen molar-refractivity contribution in [3.63, 3.8) is 0 Å². The fourth-order valence-electron chi connectivity index (χ4n) is 4.59. The van der Waals surface area contributed by atoms with E-state index in [-0.39, 0.29) is 18.9 Å². The summed E-state index contributed by atoms with van der Waals surface area (Å²) in [6, 6.07) is 32.5. The number of esters is 1. The molecule has 198 valence electrons. The van der Waals surface area contributed by atoms with Crippen molar-refractivity contribution in [3.8, 4) is 11.1 Å². The second-order valence-corrected chi connectivity index (χ2v) is 10.2. The van der Waals surface area contributed by atoms with Gasteiger partial charge >= 0.3 is 5.97 Å². The highest BCUT2D eigenvalue weighted by Gasteiger charge is 2.36. The van der Waals surface area contributed by atoms with Crippen molar-refractivity contribution in [1.29, 1.82) is 0 Å². The number of halogens is 2. The summed E-state index contributed by atoms with van der Waals surface area (Å²) in [5.41, 5.74) is 4.54. The zero-order valence-electron chi connectivity index (χ0n) is 21.1. The van der Waals surface area contributed by atoms with E-state index in [1.807, 2.05) is 42.5 Å². The van der Waals surface area contributed by atoms with Gasteiger partial charge < -0.3 is 14.4 Å². The van der Waals surface area contributed by atoms with E-state index in [0.29, 0.717) is 28.7 Å². The molecule has 0 saturated carbocycles. The van der Waals surface area contributed by atoms with Crippen LogP contribution in [0.5, 0.6) is 0 Å². The van der Waals surface area contributed by atoms with Crippen LogP contribution in [0.2, 0.25) is 10.0 Å². The molecule has 0 N–H and O–H groups in total. The van der Waals surface area contributed by atoms with Crippen LogP contribution in [-0.4, -0.2) is 36.0 Å². The van der Waals surface area contributed by atoms with E-state index >= 15 is 0 Å². The largest absolute Gasteiger partial charge is 0.462 e. The van der Waals surface area contributed by atoms with Gasteiger partial charge in [0.25, 0.3) is 5.91 Å². The smallest absolute Gasteiger partial charge is 0.338 e. The summed E-state index contributed by atoms with van der Waals surface area (Å²) < 4.78 is 11.7. The van der Waals surface area contributed by atoms with Crippen LogP contribution in [0.3, 0.4) is 0 Å². The zero-order chi connectivity index (χ0) is 27.2. The van der Waals surface area contributed by atoms with Gasteiger partial charge in [0.15, 0.2) is 0 Å². The van der Waals surface area contributed by atoms with E-state index in [9.17, 15) is 9.59 Å². The van der Waals surface area contributed by atoms with Gasteiger partial charge in [-0.1, -0.05) is 102 Å². The second kappa shape index (κ2) is 12.5. The maximum atomic E-state index is 13.5. The summed E-state index contributed by atoms with van der Waals surface area (Å²) in [7, 11) is 0. The summed E-state index contributed by atoms with van der Waals surface area (Å²) in [5, 5.41) is 0.873. The number of hydrogen-bond donors (Lipinski definition) is 0. The number of amides is 1. The normalized spacial score (nSPS) is 17.2. The topological polar surface area (TPSA) is 55.8 Å². The monoisotopic (exact) mass is 559 g/mol. The van der Waals surface area contributed by atoms with Crippen molar-refractivity contribution in [2.75, 3.05) is 13.2 Å². The van der Waals surface area contributed by atoms with E-state index in [2.05, 4.69) is 24.3 Å². The van der Waals surface area contributed by atoms with Gasteiger partial charge in [-0.05, 0) is 46.5 Å². The van der Waals surface area contributed by atoms with Crippen molar-refractivity contribution < 1.29 is 19.1 Å². The lowest BCUT2D eigenvalue weighted by Crippen LogP contribution is -2.48. The molecule has 4 aromatic rings. The Morgan fingerprint density at radius 2 is 1.51 bits per heavy atom. The van der Waals surface area contributed by atoms with Crippen LogP contribution in [0.4, 0.5) is 0 Å². The molecule has 0 spiro atoms. The van der Waals surface area contributed by atoms with E-state index < -0.39 is 18.2 Å². The highest BCUT2D eigenvalue weighted by atomic mass is 35.5. The van der Waals surface area contributed by atoms with E-state index in [0.717, 1.165) is 22.3 Å². The Balaban J connectivity index is 1.31. The summed E-state index contributed by atoms with van der Waals surface area (Å²) >= 11 is 12.4. The average Bonchev–Trinajstić information content (AvgIpc) is 2.97. The summed E-state index contributed by atoms with van der Waals surface area (Å²) in [6.07, 6.45) is -0.945.